The number of rotatable bonds is 0. The molecule has 4 atom stereocenters. The molecule has 2 aliphatic heterocycles. The third-order valence-corrected chi connectivity index (χ3v) is 11.2. The summed E-state index contributed by atoms with van der Waals surface area (Å²) in [5, 5.41) is 21.8. The van der Waals surface area contributed by atoms with Gasteiger partial charge in [-0.05, 0) is 105 Å². The molecule has 0 radical (unpaired) electrons. The Morgan fingerprint density at radius 3 is 2.63 bits per heavy atom. The van der Waals surface area contributed by atoms with Crippen LogP contribution in [0.3, 0.4) is 0 Å². The van der Waals surface area contributed by atoms with Gasteiger partial charge >= 0.3 is 0 Å². The maximum atomic E-state index is 13.3. The Morgan fingerprint density at radius 2 is 1.88 bits per heavy atom. The van der Waals surface area contributed by atoms with E-state index in [2.05, 4.69) is 9.62 Å². The molecule has 3 aliphatic rings. The molecule has 8 nitrogen and oxygen atoms in total. The van der Waals surface area contributed by atoms with E-state index in [0.717, 1.165) is 36.8 Å². The summed E-state index contributed by atoms with van der Waals surface area (Å²) in [4.78, 5) is 15.4. The zero-order valence-corrected chi connectivity index (χ0v) is 25.1. The lowest BCUT2D eigenvalue weighted by atomic mass is 9.68. The van der Waals surface area contributed by atoms with Crippen LogP contribution >= 0.6 is 11.6 Å². The number of ether oxygens (including phenoxy) is 1. The van der Waals surface area contributed by atoms with Gasteiger partial charge in [-0.15, -0.1) is 0 Å². The number of nitrogens with one attached hydrogen (secondary N) is 1. The number of fused-ring (bicyclic) bond motifs is 3. The van der Waals surface area contributed by atoms with Gasteiger partial charge in [-0.1, -0.05) is 30.7 Å². The van der Waals surface area contributed by atoms with Gasteiger partial charge in [-0.25, -0.2) is 13.1 Å². The Hall–Kier alpha value is -2.59. The number of sulfonamides is 1. The monoisotopic (exact) mass is 602 g/mol. The molecule has 2 heterocycles. The summed E-state index contributed by atoms with van der Waals surface area (Å²) < 4.78 is 34.8. The lowest BCUT2D eigenvalue weighted by Crippen LogP contribution is -2.50. The van der Waals surface area contributed by atoms with E-state index in [1.165, 1.54) is 6.08 Å². The van der Waals surface area contributed by atoms with Crippen molar-refractivity contribution in [2.75, 3.05) is 18.0 Å². The number of benzene rings is 2. The molecule has 41 heavy (non-hydrogen) atoms. The van der Waals surface area contributed by atoms with Crippen molar-refractivity contribution < 1.29 is 28.2 Å². The van der Waals surface area contributed by atoms with Gasteiger partial charge in [0, 0.05) is 29.6 Å². The van der Waals surface area contributed by atoms with E-state index in [9.17, 15) is 23.4 Å². The fraction of sp³-hybridized carbons (Fsp3) is 0.516. The highest BCUT2D eigenvalue weighted by atomic mass is 35.5. The minimum atomic E-state index is -3.99. The quantitative estimate of drug-likeness (QED) is 0.293. The Bertz CT molecular complexity index is 1430. The van der Waals surface area contributed by atoms with E-state index in [4.69, 9.17) is 16.3 Å². The number of aryl methyl sites for hydroxylation is 1. The summed E-state index contributed by atoms with van der Waals surface area (Å²) in [7, 11) is -3.99. The van der Waals surface area contributed by atoms with Crippen LogP contribution in [0.2, 0.25) is 5.02 Å². The van der Waals surface area contributed by atoms with E-state index in [1.807, 2.05) is 18.2 Å². The lowest BCUT2D eigenvalue weighted by Gasteiger charge is -2.45. The molecule has 0 spiro atoms. The molecule has 0 unspecified atom stereocenters. The second-order valence-corrected chi connectivity index (χ2v) is 14.3. The van der Waals surface area contributed by atoms with Crippen molar-refractivity contribution in [2.45, 2.75) is 70.0 Å². The summed E-state index contributed by atoms with van der Waals surface area (Å²) in [5.41, 5.74) is 3.08. The van der Waals surface area contributed by atoms with Gasteiger partial charge in [0.05, 0.1) is 10.9 Å². The molecular formula is C31H39ClN2O6S. The molecule has 1 saturated carbocycles. The maximum absolute atomic E-state index is 13.3. The molecule has 0 saturated heterocycles. The van der Waals surface area contributed by atoms with Crippen LogP contribution in [0.25, 0.3) is 0 Å². The van der Waals surface area contributed by atoms with E-state index in [0.29, 0.717) is 49.0 Å². The average molecular weight is 603 g/mol. The van der Waals surface area contributed by atoms with Gasteiger partial charge in [0.1, 0.15) is 12.4 Å². The van der Waals surface area contributed by atoms with Crippen LogP contribution in [0.1, 0.15) is 67.4 Å². The summed E-state index contributed by atoms with van der Waals surface area (Å²) in [6, 6.07) is 10.8. The van der Waals surface area contributed by atoms with Gasteiger partial charge in [-0.2, -0.15) is 0 Å². The number of aliphatic hydroxyl groups is 2. The number of carbonyl (C=O) groups is 1. The van der Waals surface area contributed by atoms with Crippen molar-refractivity contribution in [3.8, 4) is 5.75 Å². The number of hydrogen-bond acceptors (Lipinski definition) is 7. The van der Waals surface area contributed by atoms with E-state index >= 15 is 0 Å². The van der Waals surface area contributed by atoms with Crippen LogP contribution in [0.15, 0.2) is 48.6 Å². The van der Waals surface area contributed by atoms with Gasteiger partial charge in [0.2, 0.25) is 10.0 Å². The number of nitrogens with zero attached hydrogens (tertiary/aromatic N) is 1. The largest absolute Gasteiger partial charge is 0.487 e. The van der Waals surface area contributed by atoms with E-state index in [1.54, 1.807) is 38.1 Å². The topological polar surface area (TPSA) is 116 Å². The first-order chi connectivity index (χ1) is 19.4. The summed E-state index contributed by atoms with van der Waals surface area (Å²) in [5.74, 6) is -2.80. The first kappa shape index (κ1) is 29.9. The zero-order chi connectivity index (χ0) is 29.4. The number of anilines is 1. The third kappa shape index (κ3) is 6.58. The standard InChI is InChI=1S/C31H39ClN2O6S/c1-20-6-5-14-31(36,37)27-12-9-24(27)18-34-15-4-3-7-22-16-26(32)11-8-25(22)19-40-29-13-10-23(17-28(29)34)30(35)33-41(38,39)21(20)2/h5,8,10-11,13-14,16-17,20-21,24,27,36-37H,3-4,6-7,9,12,15,18-19H2,1-2H3,(H,33,35)/b14-5+/t20-,21+,24-,27+/m0/s1. The summed E-state index contributed by atoms with van der Waals surface area (Å²) in [6.45, 7) is 4.85. The highest BCUT2D eigenvalue weighted by Gasteiger charge is 2.45. The normalized spacial score (nSPS) is 28.9. The molecule has 1 fully saturated rings. The Labute approximate surface area is 247 Å². The molecule has 2 aromatic carbocycles. The van der Waals surface area contributed by atoms with Crippen molar-refractivity contribution in [1.29, 1.82) is 0 Å². The highest BCUT2D eigenvalue weighted by molar-refractivity contribution is 7.90. The van der Waals surface area contributed by atoms with Gasteiger partial charge in [0.25, 0.3) is 5.91 Å². The van der Waals surface area contributed by atoms with Crippen molar-refractivity contribution in [2.24, 2.45) is 17.8 Å². The van der Waals surface area contributed by atoms with Crippen molar-refractivity contribution in [3.63, 3.8) is 0 Å². The van der Waals surface area contributed by atoms with Crippen molar-refractivity contribution in [3.05, 3.63) is 70.3 Å². The Balaban J connectivity index is 1.56. The minimum Gasteiger partial charge on any atom is -0.487 e. The van der Waals surface area contributed by atoms with Gasteiger partial charge < -0.3 is 19.8 Å². The van der Waals surface area contributed by atoms with E-state index in [-0.39, 0.29) is 23.3 Å². The first-order valence-corrected chi connectivity index (χ1v) is 16.3. The summed E-state index contributed by atoms with van der Waals surface area (Å²) in [6.07, 6.45) is 7.51. The third-order valence-electron chi connectivity index (χ3n) is 9.05. The van der Waals surface area contributed by atoms with Crippen LogP contribution in [0.5, 0.6) is 5.75 Å². The molecule has 1 aliphatic carbocycles. The molecule has 5 rings (SSSR count). The first-order valence-electron chi connectivity index (χ1n) is 14.4. The fourth-order valence-electron chi connectivity index (χ4n) is 6.07. The molecule has 10 heteroatoms. The van der Waals surface area contributed by atoms with Crippen LogP contribution in [0, 0.1) is 17.8 Å². The molecule has 1 amide bonds. The number of amides is 1. The van der Waals surface area contributed by atoms with Crippen LogP contribution in [-0.2, 0) is 23.1 Å². The molecule has 3 N–H and O–H groups in total. The fourth-order valence-corrected chi connectivity index (χ4v) is 7.55. The molecule has 222 valence electrons. The Morgan fingerprint density at radius 1 is 1.07 bits per heavy atom. The second kappa shape index (κ2) is 12.0. The van der Waals surface area contributed by atoms with E-state index < -0.39 is 27.0 Å². The summed E-state index contributed by atoms with van der Waals surface area (Å²) >= 11 is 6.28. The maximum Gasteiger partial charge on any atom is 0.264 e. The molecule has 2 bridgehead atoms. The smallest absolute Gasteiger partial charge is 0.264 e. The zero-order valence-electron chi connectivity index (χ0n) is 23.6. The average Bonchev–Trinajstić information content (AvgIpc) is 2.92. The van der Waals surface area contributed by atoms with Gasteiger partial charge in [0.15, 0.2) is 5.79 Å². The number of allylic oxidation sites excluding steroid dienone is 1. The SMILES string of the molecule is C[C@@H]1[C@@H](C)C/C=C/C(O)(O)[C@@H]2CC[C@H]2CN2CCCCc3cc(Cl)ccc3COc3ccc(cc32)C(=O)NS1(=O)=O. The predicted molar refractivity (Wildman–Crippen MR) is 160 cm³/mol. The number of halogens is 1. The highest BCUT2D eigenvalue weighted by Crippen LogP contribution is 2.44. The van der Waals surface area contributed by atoms with Crippen LogP contribution < -0.4 is 14.4 Å². The number of carbonyl (C=O) groups excluding carboxylic acids is 1. The molecular weight excluding hydrogens is 564 g/mol. The van der Waals surface area contributed by atoms with Crippen molar-refractivity contribution >= 4 is 33.2 Å². The lowest BCUT2D eigenvalue weighted by molar-refractivity contribution is -0.195. The predicted octanol–water partition coefficient (Wildman–Crippen LogP) is 4.81. The number of hydrogen-bond donors (Lipinski definition) is 3. The van der Waals surface area contributed by atoms with Crippen LogP contribution in [-0.4, -0.2) is 48.7 Å². The second-order valence-electron chi connectivity index (χ2n) is 11.8. The minimum absolute atomic E-state index is 0.0192. The molecule has 2 aromatic rings. The van der Waals surface area contributed by atoms with Gasteiger partial charge in [-0.3, -0.25) is 4.79 Å². The molecule has 0 aromatic heterocycles. The van der Waals surface area contributed by atoms with Crippen molar-refractivity contribution in [1.82, 2.24) is 4.72 Å². The van der Waals surface area contributed by atoms with Crippen LogP contribution in [0.4, 0.5) is 5.69 Å². The Kier molecular flexibility index (Phi) is 8.71.